The Labute approximate surface area is 123 Å². The summed E-state index contributed by atoms with van der Waals surface area (Å²) in [6.45, 7) is 8.05. The third-order valence-corrected chi connectivity index (χ3v) is 4.89. The van der Waals surface area contributed by atoms with Crippen molar-refractivity contribution in [3.8, 4) is 0 Å². The molecule has 3 heteroatoms. The quantitative estimate of drug-likeness (QED) is 0.888. The van der Waals surface area contributed by atoms with Crippen LogP contribution in [0.3, 0.4) is 0 Å². The van der Waals surface area contributed by atoms with Crippen LogP contribution in [0.25, 0.3) is 0 Å². The highest BCUT2D eigenvalue weighted by molar-refractivity contribution is 5.58. The SMILES string of the molecule is CCN1CCCC1CNCc1ccc2c(c1)CCN2C. The summed E-state index contributed by atoms with van der Waals surface area (Å²) in [5.74, 6) is 0. The number of hydrogen-bond donors (Lipinski definition) is 1. The molecule has 1 N–H and O–H groups in total. The lowest BCUT2D eigenvalue weighted by atomic mass is 10.1. The van der Waals surface area contributed by atoms with Crippen LogP contribution >= 0.6 is 0 Å². The Morgan fingerprint density at radius 2 is 2.20 bits per heavy atom. The molecule has 0 amide bonds. The van der Waals surface area contributed by atoms with Gasteiger partial charge in [0.05, 0.1) is 0 Å². The largest absolute Gasteiger partial charge is 0.374 e. The van der Waals surface area contributed by atoms with E-state index in [0.717, 1.165) is 19.1 Å². The molecule has 2 aliphatic rings. The van der Waals surface area contributed by atoms with E-state index in [1.54, 1.807) is 0 Å². The standard InChI is InChI=1S/C17H27N3/c1-3-20-9-4-5-16(20)13-18-12-14-6-7-17-15(11-14)8-10-19(17)2/h6-7,11,16,18H,3-5,8-10,12-13H2,1-2H3. The molecule has 1 aromatic rings. The Morgan fingerprint density at radius 3 is 3.05 bits per heavy atom. The Morgan fingerprint density at radius 1 is 1.30 bits per heavy atom. The fourth-order valence-electron chi connectivity index (χ4n) is 3.66. The topological polar surface area (TPSA) is 18.5 Å². The van der Waals surface area contributed by atoms with Crippen LogP contribution in [0.5, 0.6) is 0 Å². The van der Waals surface area contributed by atoms with Gasteiger partial charge in [-0.2, -0.15) is 0 Å². The van der Waals surface area contributed by atoms with Gasteiger partial charge in [-0.15, -0.1) is 0 Å². The molecule has 1 fully saturated rings. The van der Waals surface area contributed by atoms with Crippen LogP contribution in [-0.4, -0.2) is 44.2 Å². The number of rotatable bonds is 5. The molecule has 3 rings (SSSR count). The molecule has 1 saturated heterocycles. The second kappa shape index (κ2) is 6.15. The summed E-state index contributed by atoms with van der Waals surface area (Å²) in [5.41, 5.74) is 4.37. The summed E-state index contributed by atoms with van der Waals surface area (Å²) in [5, 5.41) is 3.66. The summed E-state index contributed by atoms with van der Waals surface area (Å²) in [6, 6.07) is 7.70. The molecule has 0 aromatic heterocycles. The molecule has 0 saturated carbocycles. The van der Waals surface area contributed by atoms with E-state index >= 15 is 0 Å². The lowest BCUT2D eigenvalue weighted by molar-refractivity contribution is 0.260. The van der Waals surface area contributed by atoms with Crippen LogP contribution < -0.4 is 10.2 Å². The molecule has 1 unspecified atom stereocenters. The highest BCUT2D eigenvalue weighted by atomic mass is 15.2. The van der Waals surface area contributed by atoms with Gasteiger partial charge in [0.2, 0.25) is 0 Å². The number of likely N-dealkylation sites (tertiary alicyclic amines) is 1. The molecule has 0 aliphatic carbocycles. The van der Waals surface area contributed by atoms with Gasteiger partial charge in [-0.05, 0) is 49.5 Å². The highest BCUT2D eigenvalue weighted by Crippen LogP contribution is 2.27. The van der Waals surface area contributed by atoms with Crippen molar-refractivity contribution in [2.24, 2.45) is 0 Å². The summed E-state index contributed by atoms with van der Waals surface area (Å²) in [7, 11) is 2.18. The predicted octanol–water partition coefficient (Wildman–Crippen LogP) is 2.25. The number of benzene rings is 1. The maximum atomic E-state index is 3.66. The highest BCUT2D eigenvalue weighted by Gasteiger charge is 2.22. The van der Waals surface area contributed by atoms with Crippen molar-refractivity contribution in [1.82, 2.24) is 10.2 Å². The van der Waals surface area contributed by atoms with Crippen LogP contribution in [0.2, 0.25) is 0 Å². The molecule has 0 radical (unpaired) electrons. The van der Waals surface area contributed by atoms with E-state index in [9.17, 15) is 0 Å². The fourth-order valence-corrected chi connectivity index (χ4v) is 3.66. The van der Waals surface area contributed by atoms with Crippen molar-refractivity contribution < 1.29 is 0 Å². The minimum absolute atomic E-state index is 0.751. The van der Waals surface area contributed by atoms with Gasteiger partial charge in [0.1, 0.15) is 0 Å². The van der Waals surface area contributed by atoms with Crippen molar-refractivity contribution in [3.63, 3.8) is 0 Å². The first-order chi connectivity index (χ1) is 9.78. The molecule has 3 nitrogen and oxygen atoms in total. The molecular weight excluding hydrogens is 246 g/mol. The first kappa shape index (κ1) is 13.9. The van der Waals surface area contributed by atoms with Gasteiger partial charge in [0, 0.05) is 38.4 Å². The lowest BCUT2D eigenvalue weighted by Crippen LogP contribution is -2.37. The summed E-state index contributed by atoms with van der Waals surface area (Å²) in [4.78, 5) is 4.95. The second-order valence-electron chi connectivity index (χ2n) is 6.19. The van der Waals surface area contributed by atoms with Gasteiger partial charge < -0.3 is 10.2 Å². The number of anilines is 1. The van der Waals surface area contributed by atoms with Crippen molar-refractivity contribution in [3.05, 3.63) is 29.3 Å². The molecule has 2 heterocycles. The fraction of sp³-hybridized carbons (Fsp3) is 0.647. The van der Waals surface area contributed by atoms with Gasteiger partial charge in [-0.25, -0.2) is 0 Å². The first-order valence-corrected chi connectivity index (χ1v) is 8.05. The van der Waals surface area contributed by atoms with Gasteiger partial charge in [0.15, 0.2) is 0 Å². The van der Waals surface area contributed by atoms with E-state index in [4.69, 9.17) is 0 Å². The summed E-state index contributed by atoms with van der Waals surface area (Å²) < 4.78 is 0. The number of fused-ring (bicyclic) bond motifs is 1. The lowest BCUT2D eigenvalue weighted by Gasteiger charge is -2.23. The Bertz CT molecular complexity index is 458. The van der Waals surface area contributed by atoms with Crippen molar-refractivity contribution in [1.29, 1.82) is 0 Å². The molecular formula is C17H27N3. The molecule has 2 aliphatic heterocycles. The van der Waals surface area contributed by atoms with Crippen LogP contribution in [0.1, 0.15) is 30.9 Å². The first-order valence-electron chi connectivity index (χ1n) is 8.05. The molecule has 20 heavy (non-hydrogen) atoms. The monoisotopic (exact) mass is 273 g/mol. The normalized spacial score (nSPS) is 22.5. The van der Waals surface area contributed by atoms with Gasteiger partial charge in [-0.1, -0.05) is 19.1 Å². The van der Waals surface area contributed by atoms with E-state index in [1.807, 2.05) is 0 Å². The molecule has 0 spiro atoms. The minimum atomic E-state index is 0.751. The number of nitrogens with zero attached hydrogens (tertiary/aromatic N) is 2. The van der Waals surface area contributed by atoms with E-state index in [2.05, 4.69) is 47.3 Å². The Balaban J connectivity index is 1.52. The minimum Gasteiger partial charge on any atom is -0.374 e. The number of likely N-dealkylation sites (N-methyl/N-ethyl adjacent to an activating group) is 2. The Hall–Kier alpha value is -1.06. The third kappa shape index (κ3) is 2.84. The van der Waals surface area contributed by atoms with Crippen molar-refractivity contribution >= 4 is 5.69 Å². The maximum Gasteiger partial charge on any atom is 0.0397 e. The Kier molecular flexibility index (Phi) is 4.27. The summed E-state index contributed by atoms with van der Waals surface area (Å²) in [6.07, 6.45) is 3.92. The van der Waals surface area contributed by atoms with Crippen LogP contribution in [0.4, 0.5) is 5.69 Å². The second-order valence-corrected chi connectivity index (χ2v) is 6.19. The van der Waals surface area contributed by atoms with E-state index < -0.39 is 0 Å². The van der Waals surface area contributed by atoms with Gasteiger partial charge in [-0.3, -0.25) is 4.90 Å². The smallest absolute Gasteiger partial charge is 0.0397 e. The summed E-state index contributed by atoms with van der Waals surface area (Å²) >= 11 is 0. The zero-order valence-corrected chi connectivity index (χ0v) is 12.9. The van der Waals surface area contributed by atoms with E-state index in [1.165, 1.54) is 55.7 Å². The van der Waals surface area contributed by atoms with Gasteiger partial charge >= 0.3 is 0 Å². The number of nitrogens with one attached hydrogen (secondary N) is 1. The predicted molar refractivity (Wildman–Crippen MR) is 85.4 cm³/mol. The van der Waals surface area contributed by atoms with Crippen molar-refractivity contribution in [2.45, 2.75) is 38.8 Å². The molecule has 110 valence electrons. The average molecular weight is 273 g/mol. The zero-order valence-electron chi connectivity index (χ0n) is 12.9. The third-order valence-electron chi connectivity index (χ3n) is 4.89. The van der Waals surface area contributed by atoms with E-state index in [-0.39, 0.29) is 0 Å². The molecule has 0 bridgehead atoms. The van der Waals surface area contributed by atoms with Gasteiger partial charge in [0.25, 0.3) is 0 Å². The molecule has 1 atom stereocenters. The molecule has 1 aromatic carbocycles. The van der Waals surface area contributed by atoms with Crippen molar-refractivity contribution in [2.75, 3.05) is 38.1 Å². The van der Waals surface area contributed by atoms with E-state index in [0.29, 0.717) is 0 Å². The van der Waals surface area contributed by atoms with Crippen LogP contribution in [0, 0.1) is 0 Å². The van der Waals surface area contributed by atoms with Crippen LogP contribution in [0.15, 0.2) is 18.2 Å². The number of hydrogen-bond acceptors (Lipinski definition) is 3. The average Bonchev–Trinajstić information content (AvgIpc) is 3.06. The maximum absolute atomic E-state index is 3.66. The zero-order chi connectivity index (χ0) is 13.9. The van der Waals surface area contributed by atoms with Crippen LogP contribution in [-0.2, 0) is 13.0 Å².